The maximum Gasteiger partial charge on any atom is 0.254 e. The summed E-state index contributed by atoms with van der Waals surface area (Å²) in [5.74, 6) is 0.0998. The first-order valence-corrected chi connectivity index (χ1v) is 6.50. The summed E-state index contributed by atoms with van der Waals surface area (Å²) in [7, 11) is 1.83. The summed E-state index contributed by atoms with van der Waals surface area (Å²) in [5, 5.41) is 12.5. The van der Waals surface area contributed by atoms with Crippen LogP contribution in [0.2, 0.25) is 0 Å². The third-order valence-corrected chi connectivity index (χ3v) is 3.45. The van der Waals surface area contributed by atoms with Crippen molar-refractivity contribution in [2.45, 2.75) is 26.2 Å². The van der Waals surface area contributed by atoms with Crippen LogP contribution in [0.25, 0.3) is 0 Å². The van der Waals surface area contributed by atoms with Gasteiger partial charge in [-0.15, -0.1) is 0 Å². The minimum Gasteiger partial charge on any atom is -0.396 e. The molecule has 3 nitrogen and oxygen atoms in total. The number of unbranched alkanes of at least 4 members (excludes halogenated alkanes) is 2. The number of aliphatic hydroxyl groups excluding tert-OH is 1. The molecule has 90 valence electrons. The van der Waals surface area contributed by atoms with Crippen molar-refractivity contribution in [3.63, 3.8) is 0 Å². The molecular weight excluding hydrogens is 222 g/mol. The Kier molecular flexibility index (Phi) is 5.49. The number of nitrogens with zero attached hydrogens (tertiary/aromatic N) is 1. The summed E-state index contributed by atoms with van der Waals surface area (Å²) in [6, 6.07) is 0. The Balaban J connectivity index is 2.40. The second-order valence-corrected chi connectivity index (χ2v) is 4.72. The molecule has 0 saturated carbocycles. The van der Waals surface area contributed by atoms with Crippen LogP contribution < -0.4 is 0 Å². The largest absolute Gasteiger partial charge is 0.396 e. The molecule has 0 unspecified atom stereocenters. The van der Waals surface area contributed by atoms with Crippen molar-refractivity contribution in [3.05, 3.63) is 21.9 Å². The van der Waals surface area contributed by atoms with E-state index in [1.807, 2.05) is 24.7 Å². The molecule has 0 bridgehead atoms. The van der Waals surface area contributed by atoms with Crippen molar-refractivity contribution in [1.29, 1.82) is 0 Å². The maximum atomic E-state index is 12.0. The van der Waals surface area contributed by atoms with Gasteiger partial charge in [0, 0.05) is 25.6 Å². The van der Waals surface area contributed by atoms with Gasteiger partial charge in [-0.05, 0) is 37.1 Å². The number of aliphatic hydroxyl groups is 1. The van der Waals surface area contributed by atoms with Gasteiger partial charge in [-0.2, -0.15) is 11.3 Å². The van der Waals surface area contributed by atoms with Gasteiger partial charge in [0.15, 0.2) is 0 Å². The Bertz CT molecular complexity index is 336. The van der Waals surface area contributed by atoms with Crippen LogP contribution in [0.3, 0.4) is 0 Å². The predicted molar refractivity (Wildman–Crippen MR) is 67.0 cm³/mol. The molecule has 1 N–H and O–H groups in total. The molecule has 0 radical (unpaired) electrons. The normalized spacial score (nSPS) is 10.4. The fraction of sp³-hybridized carbons (Fsp3) is 0.583. The van der Waals surface area contributed by atoms with Gasteiger partial charge in [0.1, 0.15) is 0 Å². The summed E-state index contributed by atoms with van der Waals surface area (Å²) in [6.45, 7) is 2.96. The van der Waals surface area contributed by atoms with E-state index >= 15 is 0 Å². The van der Waals surface area contributed by atoms with Crippen molar-refractivity contribution in [2.75, 3.05) is 20.2 Å². The van der Waals surface area contributed by atoms with Crippen LogP contribution in [-0.2, 0) is 0 Å². The van der Waals surface area contributed by atoms with Crippen LogP contribution >= 0.6 is 11.3 Å². The molecule has 0 aliphatic heterocycles. The molecule has 0 aliphatic rings. The van der Waals surface area contributed by atoms with Crippen LogP contribution in [0.15, 0.2) is 10.8 Å². The van der Waals surface area contributed by atoms with E-state index in [4.69, 9.17) is 5.11 Å². The number of rotatable bonds is 6. The Morgan fingerprint density at radius 2 is 2.12 bits per heavy atom. The van der Waals surface area contributed by atoms with Crippen molar-refractivity contribution in [1.82, 2.24) is 4.90 Å². The van der Waals surface area contributed by atoms with Crippen LogP contribution in [0, 0.1) is 6.92 Å². The van der Waals surface area contributed by atoms with E-state index in [0.29, 0.717) is 0 Å². The lowest BCUT2D eigenvalue weighted by molar-refractivity contribution is 0.0792. The number of amides is 1. The summed E-state index contributed by atoms with van der Waals surface area (Å²) in [5.41, 5.74) is 1.87. The monoisotopic (exact) mass is 241 g/mol. The first-order valence-electron chi connectivity index (χ1n) is 5.56. The van der Waals surface area contributed by atoms with E-state index in [9.17, 15) is 4.79 Å². The minimum atomic E-state index is 0.0998. The lowest BCUT2D eigenvalue weighted by atomic mass is 10.2. The molecule has 16 heavy (non-hydrogen) atoms. The second-order valence-electron chi connectivity index (χ2n) is 3.98. The highest BCUT2D eigenvalue weighted by molar-refractivity contribution is 7.08. The van der Waals surface area contributed by atoms with Crippen molar-refractivity contribution < 1.29 is 9.90 Å². The van der Waals surface area contributed by atoms with Crippen LogP contribution in [0.1, 0.15) is 35.2 Å². The molecule has 4 heteroatoms. The Hall–Kier alpha value is -0.870. The van der Waals surface area contributed by atoms with Crippen LogP contribution in [0.5, 0.6) is 0 Å². The second kappa shape index (κ2) is 6.66. The minimum absolute atomic E-state index is 0.0998. The molecule has 0 spiro atoms. The Morgan fingerprint density at radius 3 is 2.69 bits per heavy atom. The lowest BCUT2D eigenvalue weighted by Crippen LogP contribution is -2.27. The Labute approximate surface area is 101 Å². The fourth-order valence-corrected chi connectivity index (χ4v) is 2.35. The number of aryl methyl sites for hydroxylation is 1. The van der Waals surface area contributed by atoms with E-state index < -0.39 is 0 Å². The van der Waals surface area contributed by atoms with E-state index in [2.05, 4.69) is 0 Å². The standard InChI is InChI=1S/C12H19NO2S/c1-10-8-16-9-11(10)12(15)13(2)6-4-3-5-7-14/h8-9,14H,3-7H2,1-2H3. The fourth-order valence-electron chi connectivity index (χ4n) is 1.52. The zero-order valence-corrected chi connectivity index (χ0v) is 10.7. The summed E-state index contributed by atoms with van der Waals surface area (Å²) < 4.78 is 0. The molecule has 0 aromatic carbocycles. The van der Waals surface area contributed by atoms with Crippen molar-refractivity contribution in [3.8, 4) is 0 Å². The number of thiophene rings is 1. The lowest BCUT2D eigenvalue weighted by Gasteiger charge is -2.16. The summed E-state index contributed by atoms with van der Waals surface area (Å²) in [4.78, 5) is 13.7. The van der Waals surface area contributed by atoms with Gasteiger partial charge in [0.25, 0.3) is 5.91 Å². The highest BCUT2D eigenvalue weighted by atomic mass is 32.1. The molecule has 0 aliphatic carbocycles. The molecule has 1 aromatic heterocycles. The zero-order valence-electron chi connectivity index (χ0n) is 9.90. The number of carbonyl (C=O) groups is 1. The SMILES string of the molecule is Cc1cscc1C(=O)N(C)CCCCCO. The number of hydrogen-bond acceptors (Lipinski definition) is 3. The van der Waals surface area contributed by atoms with Gasteiger partial charge in [-0.25, -0.2) is 0 Å². The quantitative estimate of drug-likeness (QED) is 0.776. The van der Waals surface area contributed by atoms with Crippen molar-refractivity contribution in [2.24, 2.45) is 0 Å². The predicted octanol–water partition coefficient (Wildman–Crippen LogP) is 2.29. The van der Waals surface area contributed by atoms with E-state index in [1.165, 1.54) is 0 Å². The highest BCUT2D eigenvalue weighted by Crippen LogP contribution is 2.15. The van der Waals surface area contributed by atoms with Gasteiger partial charge in [-0.3, -0.25) is 4.79 Å². The molecule has 1 heterocycles. The molecular formula is C12H19NO2S. The van der Waals surface area contributed by atoms with E-state index in [1.54, 1.807) is 16.2 Å². The molecule has 0 fully saturated rings. The molecule has 1 aromatic rings. The Morgan fingerprint density at radius 1 is 1.38 bits per heavy atom. The number of carbonyl (C=O) groups excluding carboxylic acids is 1. The van der Waals surface area contributed by atoms with E-state index in [-0.39, 0.29) is 12.5 Å². The highest BCUT2D eigenvalue weighted by Gasteiger charge is 2.13. The van der Waals surface area contributed by atoms with Gasteiger partial charge in [0.2, 0.25) is 0 Å². The van der Waals surface area contributed by atoms with Crippen LogP contribution in [-0.4, -0.2) is 36.1 Å². The van der Waals surface area contributed by atoms with Gasteiger partial charge in [-0.1, -0.05) is 0 Å². The molecule has 0 saturated heterocycles. The van der Waals surface area contributed by atoms with Crippen molar-refractivity contribution >= 4 is 17.2 Å². The average molecular weight is 241 g/mol. The van der Waals surface area contributed by atoms with Gasteiger partial charge >= 0.3 is 0 Å². The topological polar surface area (TPSA) is 40.5 Å². The van der Waals surface area contributed by atoms with Crippen LogP contribution in [0.4, 0.5) is 0 Å². The van der Waals surface area contributed by atoms with E-state index in [0.717, 1.165) is 36.9 Å². The summed E-state index contributed by atoms with van der Waals surface area (Å²) >= 11 is 1.56. The summed E-state index contributed by atoms with van der Waals surface area (Å²) in [6.07, 6.45) is 2.74. The van der Waals surface area contributed by atoms with Gasteiger partial charge < -0.3 is 10.0 Å². The smallest absolute Gasteiger partial charge is 0.254 e. The molecule has 1 amide bonds. The zero-order chi connectivity index (χ0) is 12.0. The first-order chi connectivity index (χ1) is 7.66. The third kappa shape index (κ3) is 3.61. The first kappa shape index (κ1) is 13.2. The third-order valence-electron chi connectivity index (χ3n) is 2.58. The molecule has 0 atom stereocenters. The maximum absolute atomic E-state index is 12.0. The molecule has 1 rings (SSSR count). The average Bonchev–Trinajstić information content (AvgIpc) is 2.69. The number of hydrogen-bond donors (Lipinski definition) is 1. The van der Waals surface area contributed by atoms with Gasteiger partial charge in [0.05, 0.1) is 5.56 Å².